The largest absolute Gasteiger partial charge is 0.481 e. The van der Waals surface area contributed by atoms with E-state index in [0.717, 1.165) is 42.4 Å². The summed E-state index contributed by atoms with van der Waals surface area (Å²) in [5, 5.41) is 9.31. The summed E-state index contributed by atoms with van der Waals surface area (Å²) in [7, 11) is 0. The molecule has 6 heteroatoms. The number of hydrogen-bond donors (Lipinski definition) is 1. The molecule has 1 unspecified atom stereocenters. The van der Waals surface area contributed by atoms with Gasteiger partial charge in [-0.25, -0.2) is 9.97 Å². The van der Waals surface area contributed by atoms with Crippen molar-refractivity contribution in [3.05, 3.63) is 36.3 Å². The lowest BCUT2D eigenvalue weighted by atomic mass is 9.98. The van der Waals surface area contributed by atoms with Crippen molar-refractivity contribution in [2.24, 2.45) is 5.92 Å². The highest BCUT2D eigenvalue weighted by Gasteiger charge is 2.27. The highest BCUT2D eigenvalue weighted by Crippen LogP contribution is 2.26. The number of pyridine rings is 1. The maximum atomic E-state index is 11.3. The topological polar surface area (TPSA) is 79.2 Å². The number of carbonyl (C=O) groups is 1. The molecule has 2 aromatic rings. The van der Waals surface area contributed by atoms with E-state index < -0.39 is 5.97 Å². The Labute approximate surface area is 141 Å². The van der Waals surface area contributed by atoms with Gasteiger partial charge in [-0.2, -0.15) is 0 Å². The molecule has 1 aliphatic rings. The molecule has 1 N–H and O–H groups in total. The van der Waals surface area contributed by atoms with Crippen LogP contribution in [0.4, 0.5) is 5.82 Å². The first-order valence-electron chi connectivity index (χ1n) is 8.32. The third kappa shape index (κ3) is 3.53. The number of hydrogen-bond acceptors (Lipinski definition) is 5. The Morgan fingerprint density at radius 3 is 2.79 bits per heavy atom. The Kier molecular flexibility index (Phi) is 4.74. The molecule has 0 bridgehead atoms. The van der Waals surface area contributed by atoms with Gasteiger partial charge in [0.2, 0.25) is 0 Å². The zero-order chi connectivity index (χ0) is 17.1. The summed E-state index contributed by atoms with van der Waals surface area (Å²) in [5.41, 5.74) is 1.58. The zero-order valence-electron chi connectivity index (χ0n) is 14.0. The molecule has 6 nitrogen and oxygen atoms in total. The van der Waals surface area contributed by atoms with E-state index in [1.807, 2.05) is 24.3 Å². The minimum absolute atomic E-state index is 0.187. The van der Waals surface area contributed by atoms with Crippen molar-refractivity contribution in [3.63, 3.8) is 0 Å². The Morgan fingerprint density at radius 2 is 2.12 bits per heavy atom. The quantitative estimate of drug-likeness (QED) is 0.930. The SMILES string of the molecule is CC(C)c1nc(-c2ccccn2)cc(N2CCCC(C(=O)O)C2)n1. The molecular formula is C18H22N4O2. The molecule has 0 amide bonds. The number of rotatable bonds is 4. The van der Waals surface area contributed by atoms with Crippen LogP contribution in [0, 0.1) is 5.92 Å². The number of aromatic nitrogens is 3. The highest BCUT2D eigenvalue weighted by atomic mass is 16.4. The van der Waals surface area contributed by atoms with Crippen molar-refractivity contribution >= 4 is 11.8 Å². The lowest BCUT2D eigenvalue weighted by molar-refractivity contribution is -0.141. The number of carboxylic acids is 1. The van der Waals surface area contributed by atoms with Crippen molar-refractivity contribution in [3.8, 4) is 11.4 Å². The second-order valence-electron chi connectivity index (χ2n) is 6.46. The van der Waals surface area contributed by atoms with Crippen LogP contribution < -0.4 is 4.90 Å². The average Bonchev–Trinajstić information content (AvgIpc) is 2.62. The summed E-state index contributed by atoms with van der Waals surface area (Å²) < 4.78 is 0. The molecule has 0 aromatic carbocycles. The van der Waals surface area contributed by atoms with Crippen LogP contribution in [0.5, 0.6) is 0 Å². The van der Waals surface area contributed by atoms with Crippen molar-refractivity contribution in [2.45, 2.75) is 32.6 Å². The molecule has 1 saturated heterocycles. The molecule has 3 heterocycles. The Hall–Kier alpha value is -2.50. The maximum absolute atomic E-state index is 11.3. The summed E-state index contributed by atoms with van der Waals surface area (Å²) in [6.07, 6.45) is 3.32. The monoisotopic (exact) mass is 326 g/mol. The molecule has 1 aliphatic heterocycles. The minimum atomic E-state index is -0.734. The number of anilines is 1. The van der Waals surface area contributed by atoms with Crippen LogP contribution >= 0.6 is 0 Å². The molecule has 0 saturated carbocycles. The molecular weight excluding hydrogens is 304 g/mol. The van der Waals surface area contributed by atoms with E-state index in [0.29, 0.717) is 6.54 Å². The fourth-order valence-corrected chi connectivity index (χ4v) is 2.91. The van der Waals surface area contributed by atoms with Gasteiger partial charge in [-0.15, -0.1) is 0 Å². The lowest BCUT2D eigenvalue weighted by Gasteiger charge is -2.32. The van der Waals surface area contributed by atoms with E-state index in [-0.39, 0.29) is 11.8 Å². The van der Waals surface area contributed by atoms with Crippen molar-refractivity contribution in [1.82, 2.24) is 15.0 Å². The smallest absolute Gasteiger partial charge is 0.308 e. The van der Waals surface area contributed by atoms with Gasteiger partial charge in [-0.1, -0.05) is 19.9 Å². The Morgan fingerprint density at radius 1 is 1.29 bits per heavy atom. The predicted molar refractivity (Wildman–Crippen MR) is 91.9 cm³/mol. The first-order valence-corrected chi connectivity index (χ1v) is 8.32. The summed E-state index contributed by atoms with van der Waals surface area (Å²) in [6, 6.07) is 7.64. The van der Waals surface area contributed by atoms with E-state index in [9.17, 15) is 9.90 Å². The normalized spacial score (nSPS) is 18.0. The van der Waals surface area contributed by atoms with E-state index in [4.69, 9.17) is 0 Å². The summed E-state index contributed by atoms with van der Waals surface area (Å²) >= 11 is 0. The maximum Gasteiger partial charge on any atom is 0.308 e. The highest BCUT2D eigenvalue weighted by molar-refractivity contribution is 5.71. The fourth-order valence-electron chi connectivity index (χ4n) is 2.91. The summed E-state index contributed by atoms with van der Waals surface area (Å²) in [4.78, 5) is 27.1. The molecule has 1 atom stereocenters. The van der Waals surface area contributed by atoms with Gasteiger partial charge in [0.05, 0.1) is 17.3 Å². The molecule has 126 valence electrons. The summed E-state index contributed by atoms with van der Waals surface area (Å²) in [6.45, 7) is 5.42. The Bertz CT molecular complexity index is 718. The van der Waals surface area contributed by atoms with E-state index in [1.165, 1.54) is 0 Å². The number of carboxylic acid groups (broad SMARTS) is 1. The third-order valence-corrected chi connectivity index (χ3v) is 4.27. The molecule has 3 rings (SSSR count). The van der Waals surface area contributed by atoms with E-state index >= 15 is 0 Å². The van der Waals surface area contributed by atoms with Gasteiger partial charge in [0.1, 0.15) is 11.6 Å². The first kappa shape index (κ1) is 16.4. The first-order chi connectivity index (χ1) is 11.5. The van der Waals surface area contributed by atoms with Gasteiger partial charge in [-0.3, -0.25) is 9.78 Å². The van der Waals surface area contributed by atoms with Crippen LogP contribution in [0.1, 0.15) is 38.4 Å². The van der Waals surface area contributed by atoms with Crippen LogP contribution in [-0.4, -0.2) is 39.1 Å². The lowest BCUT2D eigenvalue weighted by Crippen LogP contribution is -2.39. The fraction of sp³-hybridized carbons (Fsp3) is 0.444. The van der Waals surface area contributed by atoms with Crippen LogP contribution in [0.3, 0.4) is 0 Å². The van der Waals surface area contributed by atoms with Crippen molar-refractivity contribution in [1.29, 1.82) is 0 Å². The van der Waals surface area contributed by atoms with Gasteiger partial charge >= 0.3 is 5.97 Å². The van der Waals surface area contributed by atoms with Gasteiger partial charge in [-0.05, 0) is 25.0 Å². The van der Waals surface area contributed by atoms with Gasteiger partial charge in [0, 0.05) is 31.3 Å². The molecule has 0 aliphatic carbocycles. The van der Waals surface area contributed by atoms with Crippen LogP contribution in [0.25, 0.3) is 11.4 Å². The summed E-state index contributed by atoms with van der Waals surface area (Å²) in [5.74, 6) is 0.663. The second kappa shape index (κ2) is 6.95. The molecule has 0 radical (unpaired) electrons. The molecule has 0 spiro atoms. The second-order valence-corrected chi connectivity index (χ2v) is 6.46. The molecule has 2 aromatic heterocycles. The van der Waals surface area contributed by atoms with Crippen LogP contribution in [-0.2, 0) is 4.79 Å². The van der Waals surface area contributed by atoms with Gasteiger partial charge in [0.15, 0.2) is 0 Å². The number of piperidine rings is 1. The third-order valence-electron chi connectivity index (χ3n) is 4.27. The molecule has 1 fully saturated rings. The van der Waals surface area contributed by atoms with Crippen LogP contribution in [0.15, 0.2) is 30.5 Å². The minimum Gasteiger partial charge on any atom is -0.481 e. The Balaban J connectivity index is 1.98. The van der Waals surface area contributed by atoms with E-state index in [1.54, 1.807) is 6.20 Å². The zero-order valence-corrected chi connectivity index (χ0v) is 14.0. The van der Waals surface area contributed by atoms with E-state index in [2.05, 4.69) is 33.7 Å². The average molecular weight is 326 g/mol. The predicted octanol–water partition coefficient (Wildman–Crippen LogP) is 2.96. The van der Waals surface area contributed by atoms with Crippen molar-refractivity contribution < 1.29 is 9.90 Å². The number of nitrogens with zero attached hydrogens (tertiary/aromatic N) is 4. The van der Waals surface area contributed by atoms with Crippen molar-refractivity contribution in [2.75, 3.05) is 18.0 Å². The van der Waals surface area contributed by atoms with Crippen LogP contribution in [0.2, 0.25) is 0 Å². The molecule has 24 heavy (non-hydrogen) atoms. The van der Waals surface area contributed by atoms with Gasteiger partial charge in [0.25, 0.3) is 0 Å². The van der Waals surface area contributed by atoms with Gasteiger partial charge < -0.3 is 10.0 Å². The standard InChI is InChI=1S/C18H22N4O2/c1-12(2)17-20-15(14-7-3-4-8-19-14)10-16(21-17)22-9-5-6-13(11-22)18(23)24/h3-4,7-8,10,12-13H,5-6,9,11H2,1-2H3,(H,23,24). The number of aliphatic carboxylic acids is 1.